The van der Waals surface area contributed by atoms with Crippen LogP contribution in [0.4, 0.5) is 10.1 Å². The smallest absolute Gasteiger partial charge is 0.123 e. The molecule has 0 aliphatic carbocycles. The van der Waals surface area contributed by atoms with Crippen LogP contribution in [0.2, 0.25) is 0 Å². The second kappa shape index (κ2) is 2.77. The van der Waals surface area contributed by atoms with Crippen LogP contribution in [0.5, 0.6) is 0 Å². The fourth-order valence-electron chi connectivity index (χ4n) is 1.18. The molecule has 0 spiro atoms. The van der Waals surface area contributed by atoms with Crippen LogP contribution in [0.15, 0.2) is 18.2 Å². The predicted molar refractivity (Wildman–Crippen MR) is 49.5 cm³/mol. The van der Waals surface area contributed by atoms with Crippen molar-refractivity contribution in [2.24, 2.45) is 0 Å². The molecule has 0 aromatic heterocycles. The summed E-state index contributed by atoms with van der Waals surface area (Å²) in [5.74, 6) is -0.228. The van der Waals surface area contributed by atoms with Gasteiger partial charge in [-0.05, 0) is 29.2 Å². The highest BCUT2D eigenvalue weighted by Gasteiger charge is 2.16. The summed E-state index contributed by atoms with van der Waals surface area (Å²) in [6.45, 7) is 6.04. The standard InChI is InChI=1S/C10H14FN/c1-10(2,3)8-6-7(11)4-5-9(8)12/h4-6H,12H2,1-3H3. The monoisotopic (exact) mass is 167 g/mol. The first-order valence-corrected chi connectivity index (χ1v) is 3.97. The largest absolute Gasteiger partial charge is 0.398 e. The first-order valence-electron chi connectivity index (χ1n) is 3.97. The van der Waals surface area contributed by atoms with E-state index in [4.69, 9.17) is 5.73 Å². The van der Waals surface area contributed by atoms with Gasteiger partial charge in [0.25, 0.3) is 0 Å². The van der Waals surface area contributed by atoms with Crippen molar-refractivity contribution >= 4 is 5.69 Å². The fraction of sp³-hybridized carbons (Fsp3) is 0.400. The maximum absolute atomic E-state index is 12.8. The van der Waals surface area contributed by atoms with Gasteiger partial charge < -0.3 is 5.73 Å². The van der Waals surface area contributed by atoms with E-state index < -0.39 is 0 Å². The zero-order valence-electron chi connectivity index (χ0n) is 7.69. The molecule has 0 atom stereocenters. The summed E-state index contributed by atoms with van der Waals surface area (Å²) in [4.78, 5) is 0. The second-order valence-electron chi connectivity index (χ2n) is 3.98. The maximum atomic E-state index is 12.8. The lowest BCUT2D eigenvalue weighted by Gasteiger charge is -2.20. The van der Waals surface area contributed by atoms with Crippen LogP contribution in [0, 0.1) is 5.82 Å². The maximum Gasteiger partial charge on any atom is 0.123 e. The topological polar surface area (TPSA) is 26.0 Å². The van der Waals surface area contributed by atoms with Gasteiger partial charge in [-0.15, -0.1) is 0 Å². The van der Waals surface area contributed by atoms with Gasteiger partial charge in [-0.3, -0.25) is 0 Å². The molecule has 0 amide bonds. The van der Waals surface area contributed by atoms with Crippen molar-refractivity contribution in [2.45, 2.75) is 26.2 Å². The van der Waals surface area contributed by atoms with Gasteiger partial charge in [0.05, 0.1) is 0 Å². The summed E-state index contributed by atoms with van der Waals surface area (Å²) in [7, 11) is 0. The number of halogens is 1. The molecule has 0 aliphatic heterocycles. The molecule has 0 bridgehead atoms. The van der Waals surface area contributed by atoms with Crippen molar-refractivity contribution in [1.29, 1.82) is 0 Å². The summed E-state index contributed by atoms with van der Waals surface area (Å²) in [6, 6.07) is 4.48. The van der Waals surface area contributed by atoms with E-state index in [1.165, 1.54) is 12.1 Å². The van der Waals surface area contributed by atoms with Crippen molar-refractivity contribution in [1.82, 2.24) is 0 Å². The Morgan fingerprint density at radius 3 is 2.25 bits per heavy atom. The summed E-state index contributed by atoms with van der Waals surface area (Å²) in [6.07, 6.45) is 0. The van der Waals surface area contributed by atoms with Crippen LogP contribution in [0.3, 0.4) is 0 Å². The van der Waals surface area contributed by atoms with Crippen LogP contribution in [-0.2, 0) is 5.41 Å². The zero-order chi connectivity index (χ0) is 9.35. The molecule has 1 aromatic carbocycles. The minimum absolute atomic E-state index is 0.0911. The lowest BCUT2D eigenvalue weighted by molar-refractivity contribution is 0.574. The lowest BCUT2D eigenvalue weighted by atomic mass is 9.86. The Hall–Kier alpha value is -1.05. The highest BCUT2D eigenvalue weighted by molar-refractivity contribution is 5.50. The Morgan fingerprint density at radius 1 is 1.25 bits per heavy atom. The molecule has 1 rings (SSSR count). The highest BCUT2D eigenvalue weighted by atomic mass is 19.1. The Kier molecular flexibility index (Phi) is 2.09. The van der Waals surface area contributed by atoms with E-state index >= 15 is 0 Å². The third-order valence-electron chi connectivity index (χ3n) is 1.82. The number of anilines is 1. The molecule has 1 aromatic rings. The van der Waals surface area contributed by atoms with Crippen molar-refractivity contribution in [3.8, 4) is 0 Å². The first-order chi connectivity index (χ1) is 5.41. The molecule has 0 heterocycles. The Bertz CT molecular complexity index is 286. The average molecular weight is 167 g/mol. The molecule has 2 heteroatoms. The summed E-state index contributed by atoms with van der Waals surface area (Å²) in [5, 5.41) is 0. The molecular formula is C10H14FN. The number of nitrogen functional groups attached to an aromatic ring is 1. The number of nitrogens with two attached hydrogens (primary N) is 1. The SMILES string of the molecule is CC(C)(C)c1cc(F)ccc1N. The molecule has 12 heavy (non-hydrogen) atoms. The molecule has 0 saturated heterocycles. The summed E-state index contributed by atoms with van der Waals surface area (Å²) < 4.78 is 12.8. The van der Waals surface area contributed by atoms with Crippen LogP contribution in [-0.4, -0.2) is 0 Å². The first kappa shape index (κ1) is 9.04. The Labute approximate surface area is 72.4 Å². The van der Waals surface area contributed by atoms with Crippen molar-refractivity contribution in [3.05, 3.63) is 29.6 Å². The molecule has 0 radical (unpaired) electrons. The number of hydrogen-bond acceptors (Lipinski definition) is 1. The van der Waals surface area contributed by atoms with Gasteiger partial charge in [0.15, 0.2) is 0 Å². The van der Waals surface area contributed by atoms with E-state index in [1.54, 1.807) is 6.07 Å². The molecule has 0 fully saturated rings. The van der Waals surface area contributed by atoms with Gasteiger partial charge >= 0.3 is 0 Å². The minimum atomic E-state index is -0.228. The molecule has 0 aliphatic rings. The highest BCUT2D eigenvalue weighted by Crippen LogP contribution is 2.27. The number of rotatable bonds is 0. The van der Waals surface area contributed by atoms with Gasteiger partial charge in [-0.1, -0.05) is 20.8 Å². The van der Waals surface area contributed by atoms with Gasteiger partial charge in [-0.2, -0.15) is 0 Å². The van der Waals surface area contributed by atoms with Gasteiger partial charge in [-0.25, -0.2) is 4.39 Å². The number of benzene rings is 1. The van der Waals surface area contributed by atoms with E-state index in [-0.39, 0.29) is 11.2 Å². The average Bonchev–Trinajstić information content (AvgIpc) is 1.92. The quantitative estimate of drug-likeness (QED) is 0.591. The molecular weight excluding hydrogens is 153 g/mol. The van der Waals surface area contributed by atoms with Crippen LogP contribution in [0.1, 0.15) is 26.3 Å². The van der Waals surface area contributed by atoms with E-state index in [9.17, 15) is 4.39 Å². The Morgan fingerprint density at radius 2 is 1.83 bits per heavy atom. The van der Waals surface area contributed by atoms with Gasteiger partial charge in [0, 0.05) is 5.69 Å². The van der Waals surface area contributed by atoms with Crippen molar-refractivity contribution in [3.63, 3.8) is 0 Å². The molecule has 2 N–H and O–H groups in total. The third kappa shape index (κ3) is 1.76. The molecule has 66 valence electrons. The van der Waals surface area contributed by atoms with E-state index in [0.717, 1.165) is 5.56 Å². The fourth-order valence-corrected chi connectivity index (χ4v) is 1.18. The van der Waals surface area contributed by atoms with Crippen LogP contribution < -0.4 is 5.73 Å². The second-order valence-corrected chi connectivity index (χ2v) is 3.98. The lowest BCUT2D eigenvalue weighted by Crippen LogP contribution is -2.14. The van der Waals surface area contributed by atoms with Crippen LogP contribution in [0.25, 0.3) is 0 Å². The van der Waals surface area contributed by atoms with Gasteiger partial charge in [0.2, 0.25) is 0 Å². The van der Waals surface area contributed by atoms with Crippen molar-refractivity contribution in [2.75, 3.05) is 5.73 Å². The van der Waals surface area contributed by atoms with Crippen molar-refractivity contribution < 1.29 is 4.39 Å². The summed E-state index contributed by atoms with van der Waals surface area (Å²) in [5.41, 5.74) is 7.14. The van der Waals surface area contributed by atoms with E-state index in [0.29, 0.717) is 5.69 Å². The molecule has 0 unspecified atom stereocenters. The zero-order valence-corrected chi connectivity index (χ0v) is 7.69. The predicted octanol–water partition coefficient (Wildman–Crippen LogP) is 2.71. The normalized spacial score (nSPS) is 11.7. The Balaban J connectivity index is 3.23. The minimum Gasteiger partial charge on any atom is -0.398 e. The summed E-state index contributed by atoms with van der Waals surface area (Å²) >= 11 is 0. The molecule has 0 saturated carbocycles. The van der Waals surface area contributed by atoms with Crippen LogP contribution >= 0.6 is 0 Å². The van der Waals surface area contributed by atoms with Gasteiger partial charge in [0.1, 0.15) is 5.82 Å². The number of hydrogen-bond donors (Lipinski definition) is 1. The third-order valence-corrected chi connectivity index (χ3v) is 1.82. The van der Waals surface area contributed by atoms with E-state index in [2.05, 4.69) is 0 Å². The molecule has 1 nitrogen and oxygen atoms in total. The van der Waals surface area contributed by atoms with E-state index in [1.807, 2.05) is 20.8 Å².